The Hall–Kier alpha value is -3.50. The van der Waals surface area contributed by atoms with E-state index in [4.69, 9.17) is 10.1 Å². The molecule has 0 saturated heterocycles. The number of hydrogen-bond acceptors (Lipinski definition) is 7. The number of nitrogens with zero attached hydrogens (tertiary/aromatic N) is 5. The number of aryl methyl sites for hydroxylation is 1. The molecule has 2 atom stereocenters. The number of tetrazole rings is 1. The van der Waals surface area contributed by atoms with E-state index in [0.717, 1.165) is 27.9 Å². The van der Waals surface area contributed by atoms with Crippen LogP contribution in [0.3, 0.4) is 0 Å². The second kappa shape index (κ2) is 9.78. The molecule has 3 heterocycles. The Morgan fingerprint density at radius 1 is 1.24 bits per heavy atom. The van der Waals surface area contributed by atoms with E-state index >= 15 is 0 Å². The first-order valence-electron chi connectivity index (χ1n) is 11.1. The van der Waals surface area contributed by atoms with Crippen LogP contribution in [0.25, 0.3) is 28.7 Å². The van der Waals surface area contributed by atoms with Crippen LogP contribution in [0.2, 0.25) is 0 Å². The smallest absolute Gasteiger partial charge is 0.305 e. The molecule has 10 heteroatoms. The SMILES string of the molecule is CC(C)c1nc2c(c(-c3ccc(F)cc3)c1/C=C/[C@@H](O)C[C@@H](O)CC(=O)O)CCn1nnnc1-2. The molecule has 1 aliphatic heterocycles. The number of benzene rings is 1. The van der Waals surface area contributed by atoms with Crippen LogP contribution in [0.1, 0.15) is 49.4 Å². The highest BCUT2D eigenvalue weighted by atomic mass is 19.1. The Kier molecular flexibility index (Phi) is 6.80. The number of aromatic nitrogens is 5. The molecule has 1 aliphatic rings. The molecule has 34 heavy (non-hydrogen) atoms. The summed E-state index contributed by atoms with van der Waals surface area (Å²) in [5.74, 6) is -0.908. The van der Waals surface area contributed by atoms with Crippen LogP contribution in [-0.2, 0) is 17.8 Å². The van der Waals surface area contributed by atoms with Crippen LogP contribution in [0, 0.1) is 5.82 Å². The fraction of sp³-hybridized carbons (Fsp3) is 0.375. The van der Waals surface area contributed by atoms with E-state index in [1.165, 1.54) is 18.2 Å². The number of hydrogen-bond donors (Lipinski definition) is 3. The summed E-state index contributed by atoms with van der Waals surface area (Å²) in [7, 11) is 0. The summed E-state index contributed by atoms with van der Waals surface area (Å²) in [6.45, 7) is 4.57. The topological polar surface area (TPSA) is 134 Å². The first-order chi connectivity index (χ1) is 16.2. The van der Waals surface area contributed by atoms with Crippen molar-refractivity contribution in [2.45, 2.75) is 57.8 Å². The molecule has 0 amide bonds. The van der Waals surface area contributed by atoms with E-state index in [2.05, 4.69) is 15.5 Å². The van der Waals surface area contributed by atoms with Crippen LogP contribution in [0.15, 0.2) is 30.3 Å². The van der Waals surface area contributed by atoms with Crippen molar-refractivity contribution in [2.24, 2.45) is 0 Å². The van der Waals surface area contributed by atoms with Crippen molar-refractivity contribution in [3.63, 3.8) is 0 Å². The van der Waals surface area contributed by atoms with Gasteiger partial charge in [0.25, 0.3) is 0 Å². The van der Waals surface area contributed by atoms with Gasteiger partial charge in [-0.05, 0) is 51.6 Å². The molecule has 0 aliphatic carbocycles. The highest BCUT2D eigenvalue weighted by Crippen LogP contribution is 2.40. The molecule has 0 radical (unpaired) electrons. The lowest BCUT2D eigenvalue weighted by molar-refractivity contribution is -0.139. The van der Waals surface area contributed by atoms with E-state index < -0.39 is 24.6 Å². The summed E-state index contributed by atoms with van der Waals surface area (Å²) in [5.41, 5.74) is 4.78. The Bertz CT molecular complexity index is 1220. The normalized spacial score (nSPS) is 14.8. The third kappa shape index (κ3) is 4.87. The fourth-order valence-corrected chi connectivity index (χ4v) is 4.23. The number of rotatable bonds is 8. The number of fused-ring (bicyclic) bond motifs is 3. The molecule has 0 bridgehead atoms. The Balaban J connectivity index is 1.85. The lowest BCUT2D eigenvalue weighted by Gasteiger charge is -2.24. The number of carbonyl (C=O) groups is 1. The zero-order valence-corrected chi connectivity index (χ0v) is 18.9. The quantitative estimate of drug-likeness (QED) is 0.460. The van der Waals surface area contributed by atoms with Gasteiger partial charge in [0.05, 0.1) is 24.3 Å². The van der Waals surface area contributed by atoms with Gasteiger partial charge in [-0.1, -0.05) is 38.1 Å². The highest BCUT2D eigenvalue weighted by Gasteiger charge is 2.28. The molecule has 3 aromatic rings. The van der Waals surface area contributed by atoms with Crippen LogP contribution >= 0.6 is 0 Å². The standard InChI is InChI=1S/C24H26FN5O4/c1-13(2)22-18(8-7-16(31)11-17(32)12-20(33)34)21(14-3-5-15(25)6-4-14)19-9-10-30-24(23(19)26-22)27-28-29-30/h3-8,13,16-17,31-32H,9-12H2,1-2H3,(H,33,34)/b8-7+/t16-,17-/m1/s1. The predicted octanol–water partition coefficient (Wildman–Crippen LogP) is 2.82. The minimum atomic E-state index is -1.17. The van der Waals surface area contributed by atoms with Crippen LogP contribution < -0.4 is 0 Å². The van der Waals surface area contributed by atoms with E-state index in [1.54, 1.807) is 22.9 Å². The minimum Gasteiger partial charge on any atom is -0.481 e. The van der Waals surface area contributed by atoms with Gasteiger partial charge < -0.3 is 15.3 Å². The van der Waals surface area contributed by atoms with Crippen molar-refractivity contribution in [3.05, 3.63) is 53.0 Å². The monoisotopic (exact) mass is 467 g/mol. The van der Waals surface area contributed by atoms with Crippen molar-refractivity contribution in [1.29, 1.82) is 0 Å². The molecule has 2 aromatic heterocycles. The van der Waals surface area contributed by atoms with Gasteiger partial charge in [-0.2, -0.15) is 0 Å². The zero-order valence-electron chi connectivity index (χ0n) is 18.9. The van der Waals surface area contributed by atoms with Gasteiger partial charge in [0.2, 0.25) is 5.82 Å². The summed E-state index contributed by atoms with van der Waals surface area (Å²) in [4.78, 5) is 15.7. The van der Waals surface area contributed by atoms with Gasteiger partial charge in [0, 0.05) is 18.5 Å². The Morgan fingerprint density at radius 2 is 1.97 bits per heavy atom. The van der Waals surface area contributed by atoms with Crippen LogP contribution in [-0.4, -0.2) is 58.7 Å². The van der Waals surface area contributed by atoms with Crippen molar-refractivity contribution in [1.82, 2.24) is 25.2 Å². The van der Waals surface area contributed by atoms with Crippen LogP contribution in [0.4, 0.5) is 4.39 Å². The predicted molar refractivity (Wildman–Crippen MR) is 122 cm³/mol. The van der Waals surface area contributed by atoms with Gasteiger partial charge in [0.1, 0.15) is 11.5 Å². The Morgan fingerprint density at radius 3 is 2.65 bits per heavy atom. The number of pyridine rings is 1. The molecule has 0 fully saturated rings. The lowest BCUT2D eigenvalue weighted by Crippen LogP contribution is -2.19. The molecule has 9 nitrogen and oxygen atoms in total. The molecule has 3 N–H and O–H groups in total. The largest absolute Gasteiger partial charge is 0.481 e. The maximum atomic E-state index is 13.7. The summed E-state index contributed by atoms with van der Waals surface area (Å²) in [5, 5.41) is 41.1. The maximum absolute atomic E-state index is 13.7. The summed E-state index contributed by atoms with van der Waals surface area (Å²) in [6.07, 6.45) is 1.11. The molecule has 178 valence electrons. The minimum absolute atomic E-state index is 0.00477. The number of aliphatic hydroxyl groups is 2. The van der Waals surface area contributed by atoms with Crippen molar-refractivity contribution >= 4 is 12.0 Å². The molecule has 0 spiro atoms. The van der Waals surface area contributed by atoms with Crippen molar-refractivity contribution in [2.75, 3.05) is 0 Å². The van der Waals surface area contributed by atoms with E-state index in [1.807, 2.05) is 13.8 Å². The zero-order chi connectivity index (χ0) is 24.4. The fourth-order valence-electron chi connectivity index (χ4n) is 4.23. The van der Waals surface area contributed by atoms with Gasteiger partial charge in [-0.15, -0.1) is 5.10 Å². The number of aliphatic carboxylic acids is 1. The van der Waals surface area contributed by atoms with Gasteiger partial charge >= 0.3 is 5.97 Å². The number of halogens is 1. The van der Waals surface area contributed by atoms with Crippen LogP contribution in [0.5, 0.6) is 0 Å². The van der Waals surface area contributed by atoms with Gasteiger partial charge in [0.15, 0.2) is 0 Å². The third-order valence-electron chi connectivity index (χ3n) is 5.77. The lowest BCUT2D eigenvalue weighted by atomic mass is 9.86. The van der Waals surface area contributed by atoms with E-state index in [9.17, 15) is 19.4 Å². The van der Waals surface area contributed by atoms with Crippen molar-refractivity contribution in [3.8, 4) is 22.6 Å². The summed E-state index contributed by atoms with van der Waals surface area (Å²) in [6, 6.07) is 6.21. The third-order valence-corrected chi connectivity index (χ3v) is 5.77. The number of aliphatic hydroxyl groups excluding tert-OH is 2. The number of carboxylic acids is 1. The van der Waals surface area contributed by atoms with E-state index in [0.29, 0.717) is 24.5 Å². The second-order valence-electron chi connectivity index (χ2n) is 8.66. The second-order valence-corrected chi connectivity index (χ2v) is 8.66. The maximum Gasteiger partial charge on any atom is 0.305 e. The Labute approximate surface area is 195 Å². The molecule has 0 saturated carbocycles. The first kappa shape index (κ1) is 23.7. The van der Waals surface area contributed by atoms with Gasteiger partial charge in [-0.3, -0.25) is 4.79 Å². The molecular weight excluding hydrogens is 441 g/mol. The average Bonchev–Trinajstić information content (AvgIpc) is 3.26. The van der Waals surface area contributed by atoms with E-state index in [-0.39, 0.29) is 18.2 Å². The molecule has 0 unspecified atom stereocenters. The highest BCUT2D eigenvalue weighted by molar-refractivity contribution is 5.84. The number of carboxylic acid groups (broad SMARTS) is 1. The molecule has 1 aromatic carbocycles. The average molecular weight is 468 g/mol. The summed E-state index contributed by atoms with van der Waals surface area (Å²) < 4.78 is 15.4. The van der Waals surface area contributed by atoms with Crippen molar-refractivity contribution < 1.29 is 24.5 Å². The van der Waals surface area contributed by atoms with Gasteiger partial charge in [-0.25, -0.2) is 14.1 Å². The molecular formula is C24H26FN5O4. The summed E-state index contributed by atoms with van der Waals surface area (Å²) >= 11 is 0. The first-order valence-corrected chi connectivity index (χ1v) is 11.1. The molecule has 4 rings (SSSR count).